The summed E-state index contributed by atoms with van der Waals surface area (Å²) in [7, 11) is 0. The predicted octanol–water partition coefficient (Wildman–Crippen LogP) is 3.22. The molecular weight excluding hydrogens is 334 g/mol. The van der Waals surface area contributed by atoms with Crippen LogP contribution >= 0.6 is 0 Å². The topological polar surface area (TPSA) is 84.9 Å². The number of fused-ring (bicyclic) bond motifs is 1. The molecule has 1 aliphatic rings. The van der Waals surface area contributed by atoms with Crippen LogP contribution in [0.15, 0.2) is 65.9 Å². The maximum atomic E-state index is 12.2. The van der Waals surface area contributed by atoms with Crippen molar-refractivity contribution in [2.75, 3.05) is 6.79 Å². The molecule has 2 N–H and O–H groups in total. The minimum absolute atomic E-state index is 0.191. The van der Waals surface area contributed by atoms with Crippen LogP contribution in [-0.2, 0) is 4.79 Å². The molecule has 2 aromatic rings. The monoisotopic (exact) mass is 351 g/mol. The molecule has 0 bridgehead atoms. The Morgan fingerprint density at radius 2 is 1.81 bits per heavy atom. The first-order valence-corrected chi connectivity index (χ1v) is 7.92. The van der Waals surface area contributed by atoms with E-state index in [1.54, 1.807) is 49.4 Å². The fourth-order valence-electron chi connectivity index (χ4n) is 2.47. The second-order valence-corrected chi connectivity index (χ2v) is 5.68. The number of hydrogen-bond acceptors (Lipinski definition) is 4. The lowest BCUT2D eigenvalue weighted by Gasteiger charge is -2.06. The molecule has 2 aromatic carbocycles. The van der Waals surface area contributed by atoms with Gasteiger partial charge in [0.15, 0.2) is 11.5 Å². The fraction of sp³-hybridized carbons (Fsp3) is 0.100. The van der Waals surface area contributed by atoms with Crippen molar-refractivity contribution in [3.8, 4) is 11.5 Å². The number of carbonyl (C=O) groups excluding carboxylic acids is 1. The van der Waals surface area contributed by atoms with Crippen LogP contribution in [0, 0.1) is 0 Å². The van der Waals surface area contributed by atoms with Crippen LogP contribution in [-0.4, -0.2) is 23.8 Å². The van der Waals surface area contributed by atoms with Crippen LogP contribution in [0.5, 0.6) is 11.5 Å². The molecule has 26 heavy (non-hydrogen) atoms. The predicted molar refractivity (Wildman–Crippen MR) is 95.8 cm³/mol. The zero-order valence-corrected chi connectivity index (χ0v) is 14.1. The van der Waals surface area contributed by atoms with Gasteiger partial charge in [-0.1, -0.05) is 30.3 Å². The number of carbonyl (C=O) groups is 2. The molecule has 0 aliphatic carbocycles. The van der Waals surface area contributed by atoms with E-state index in [0.29, 0.717) is 22.6 Å². The van der Waals surface area contributed by atoms with Gasteiger partial charge in [0.2, 0.25) is 6.79 Å². The molecule has 0 aromatic heterocycles. The Labute approximate surface area is 150 Å². The molecule has 0 radical (unpaired) electrons. The summed E-state index contributed by atoms with van der Waals surface area (Å²) < 4.78 is 10.6. The van der Waals surface area contributed by atoms with Gasteiger partial charge in [-0.15, -0.1) is 0 Å². The number of amides is 1. The quantitative estimate of drug-likeness (QED) is 0.638. The van der Waals surface area contributed by atoms with Gasteiger partial charge >= 0.3 is 5.97 Å². The number of carboxylic acid groups (broad SMARTS) is 1. The highest BCUT2D eigenvalue weighted by Gasteiger charge is 2.14. The number of allylic oxidation sites excluding steroid dienone is 2. The van der Waals surface area contributed by atoms with Crippen LogP contribution in [0.2, 0.25) is 0 Å². The standard InChI is InChI=1S/C20H17NO5/c1-13(9-14-7-8-17-18(11-14)26-12-25-17)10-16(20(23)24)21-19(22)15-5-3-2-4-6-15/h2-11H,12H2,1H3,(H,21,22)(H,23,24)/b13-9+,16-10+. The lowest BCUT2D eigenvalue weighted by atomic mass is 10.1. The van der Waals surface area contributed by atoms with E-state index in [1.807, 2.05) is 12.1 Å². The third kappa shape index (κ3) is 4.10. The molecule has 1 heterocycles. The van der Waals surface area contributed by atoms with Gasteiger partial charge in [0.05, 0.1) is 0 Å². The van der Waals surface area contributed by atoms with E-state index in [4.69, 9.17) is 9.47 Å². The number of rotatable bonds is 5. The third-order valence-electron chi connectivity index (χ3n) is 3.68. The molecule has 6 heteroatoms. The number of nitrogens with one attached hydrogen (secondary N) is 1. The Hall–Kier alpha value is -3.54. The third-order valence-corrected chi connectivity index (χ3v) is 3.68. The Morgan fingerprint density at radius 1 is 1.08 bits per heavy atom. The van der Waals surface area contributed by atoms with Gasteiger partial charge in [-0.2, -0.15) is 0 Å². The highest BCUT2D eigenvalue weighted by molar-refractivity contribution is 6.00. The normalized spacial score (nSPS) is 13.4. The number of carboxylic acids is 1. The lowest BCUT2D eigenvalue weighted by molar-refractivity contribution is -0.133. The molecule has 0 saturated carbocycles. The molecule has 0 fully saturated rings. The van der Waals surface area contributed by atoms with Crippen LogP contribution in [0.1, 0.15) is 22.8 Å². The lowest BCUT2D eigenvalue weighted by Crippen LogP contribution is -2.27. The van der Waals surface area contributed by atoms with E-state index < -0.39 is 11.9 Å². The Morgan fingerprint density at radius 3 is 2.54 bits per heavy atom. The minimum atomic E-state index is -1.22. The smallest absolute Gasteiger partial charge is 0.352 e. The summed E-state index contributed by atoms with van der Waals surface area (Å²) in [5.74, 6) is -0.370. The first-order valence-electron chi connectivity index (χ1n) is 7.92. The molecule has 1 amide bonds. The average molecular weight is 351 g/mol. The van der Waals surface area contributed by atoms with E-state index in [9.17, 15) is 14.7 Å². The largest absolute Gasteiger partial charge is 0.477 e. The van der Waals surface area contributed by atoms with Gasteiger partial charge in [-0.05, 0) is 48.4 Å². The minimum Gasteiger partial charge on any atom is -0.477 e. The van der Waals surface area contributed by atoms with E-state index in [2.05, 4.69) is 5.32 Å². The zero-order valence-electron chi connectivity index (χ0n) is 14.1. The van der Waals surface area contributed by atoms with Crippen molar-refractivity contribution < 1.29 is 24.2 Å². The molecule has 132 valence electrons. The number of hydrogen-bond donors (Lipinski definition) is 2. The second-order valence-electron chi connectivity index (χ2n) is 5.68. The Kier molecular flexibility index (Phi) is 5.03. The Balaban J connectivity index is 1.79. The average Bonchev–Trinajstić information content (AvgIpc) is 3.09. The van der Waals surface area contributed by atoms with Gasteiger partial charge in [0.1, 0.15) is 5.70 Å². The van der Waals surface area contributed by atoms with E-state index in [-0.39, 0.29) is 12.5 Å². The molecular formula is C20H17NO5. The van der Waals surface area contributed by atoms with Crippen molar-refractivity contribution in [2.24, 2.45) is 0 Å². The van der Waals surface area contributed by atoms with Crippen molar-refractivity contribution in [3.05, 3.63) is 77.0 Å². The van der Waals surface area contributed by atoms with Gasteiger partial charge < -0.3 is 19.9 Å². The highest BCUT2D eigenvalue weighted by Crippen LogP contribution is 2.33. The van der Waals surface area contributed by atoms with Crippen molar-refractivity contribution in [3.63, 3.8) is 0 Å². The first kappa shape index (κ1) is 17.3. The molecule has 0 saturated heterocycles. The first-order chi connectivity index (χ1) is 12.5. The Bertz CT molecular complexity index is 900. The molecule has 1 aliphatic heterocycles. The van der Waals surface area contributed by atoms with Gasteiger partial charge in [-0.3, -0.25) is 4.79 Å². The van der Waals surface area contributed by atoms with Gasteiger partial charge in [0, 0.05) is 5.56 Å². The van der Waals surface area contributed by atoms with Crippen molar-refractivity contribution in [1.29, 1.82) is 0 Å². The summed E-state index contributed by atoms with van der Waals surface area (Å²) in [6, 6.07) is 13.9. The maximum Gasteiger partial charge on any atom is 0.352 e. The van der Waals surface area contributed by atoms with E-state index in [1.165, 1.54) is 6.08 Å². The number of aliphatic carboxylic acids is 1. The van der Waals surface area contributed by atoms with Crippen molar-refractivity contribution in [2.45, 2.75) is 6.92 Å². The summed E-state index contributed by atoms with van der Waals surface area (Å²) in [6.07, 6.45) is 3.20. The van der Waals surface area contributed by atoms with Crippen LogP contribution in [0.25, 0.3) is 6.08 Å². The second kappa shape index (κ2) is 7.57. The van der Waals surface area contributed by atoms with E-state index in [0.717, 1.165) is 5.56 Å². The number of ether oxygens (including phenoxy) is 2. The highest BCUT2D eigenvalue weighted by atomic mass is 16.7. The number of benzene rings is 2. The van der Waals surface area contributed by atoms with Crippen molar-refractivity contribution >= 4 is 18.0 Å². The summed E-state index contributed by atoms with van der Waals surface area (Å²) >= 11 is 0. The van der Waals surface area contributed by atoms with Gasteiger partial charge in [0.25, 0.3) is 5.91 Å². The van der Waals surface area contributed by atoms with Crippen LogP contribution in [0.3, 0.4) is 0 Å². The molecule has 0 atom stereocenters. The molecule has 3 rings (SSSR count). The summed E-state index contributed by atoms with van der Waals surface area (Å²) in [6.45, 7) is 1.94. The van der Waals surface area contributed by atoms with Gasteiger partial charge in [-0.25, -0.2) is 4.79 Å². The molecule has 0 spiro atoms. The van der Waals surface area contributed by atoms with E-state index >= 15 is 0 Å². The summed E-state index contributed by atoms with van der Waals surface area (Å²) in [4.78, 5) is 23.6. The summed E-state index contributed by atoms with van der Waals surface area (Å²) in [5.41, 5.74) is 1.68. The maximum absolute atomic E-state index is 12.2. The van der Waals surface area contributed by atoms with Crippen LogP contribution in [0.4, 0.5) is 0 Å². The fourth-order valence-corrected chi connectivity index (χ4v) is 2.47. The zero-order chi connectivity index (χ0) is 18.5. The SMILES string of the molecule is CC(=C\c1ccc2c(c1)OCO2)/C=C(/NC(=O)c1ccccc1)C(=O)O. The summed E-state index contributed by atoms with van der Waals surface area (Å²) in [5, 5.41) is 11.8. The molecule has 0 unspecified atom stereocenters. The molecule has 6 nitrogen and oxygen atoms in total. The van der Waals surface area contributed by atoms with Crippen LogP contribution < -0.4 is 14.8 Å². The van der Waals surface area contributed by atoms with Crippen molar-refractivity contribution in [1.82, 2.24) is 5.32 Å².